The fraction of sp³-hybridized carbons (Fsp3) is 0.200. The van der Waals surface area contributed by atoms with Gasteiger partial charge in [0.2, 0.25) is 0 Å². The minimum Gasteiger partial charge on any atom is -0.241 e. The van der Waals surface area contributed by atoms with Crippen molar-refractivity contribution in [2.24, 2.45) is 0 Å². The third-order valence-corrected chi connectivity index (χ3v) is 2.97. The van der Waals surface area contributed by atoms with Crippen LogP contribution in [0.5, 0.6) is 0 Å². The van der Waals surface area contributed by atoms with Crippen LogP contribution in [0, 0.1) is 20.8 Å². The lowest BCUT2D eigenvalue weighted by Crippen LogP contribution is -1.81. The summed E-state index contributed by atoms with van der Waals surface area (Å²) in [7, 11) is 0. The molecule has 61 valence electrons. The molecule has 0 amide bonds. The third-order valence-electron chi connectivity index (χ3n) is 2.03. The number of hydrogen-bond donors (Lipinski definition) is 0. The van der Waals surface area contributed by atoms with Crippen molar-refractivity contribution >= 4 is 21.6 Å². The Balaban J connectivity index is 2.89. The molecule has 2 heteroatoms. The maximum absolute atomic E-state index is 4.45. The highest BCUT2D eigenvalue weighted by atomic mass is 32.1. The molecule has 1 heterocycles. The summed E-state index contributed by atoms with van der Waals surface area (Å²) >= 11 is 1.74. The average molecular weight is 176 g/mol. The number of hydrogen-bond acceptors (Lipinski definition) is 2. The molecule has 0 saturated heterocycles. The molecule has 1 aromatic heterocycles. The number of thiazole rings is 1. The summed E-state index contributed by atoms with van der Waals surface area (Å²) in [5.41, 5.74) is 3.40. The normalized spacial score (nSPS) is 10.9. The standard InChI is InChI=1S/C10H10NS/c1-6-4-5-9-10(7(6)2)11-8(3)12-9/h4-5H,1H2,2-3H3. The predicted octanol–water partition coefficient (Wildman–Crippen LogP) is 3.10. The van der Waals surface area contributed by atoms with E-state index in [0.717, 1.165) is 16.1 Å². The second-order valence-corrected chi connectivity index (χ2v) is 4.16. The quantitative estimate of drug-likeness (QED) is 0.601. The minimum absolute atomic E-state index is 1.08. The molecule has 0 fully saturated rings. The summed E-state index contributed by atoms with van der Waals surface area (Å²) in [4.78, 5) is 4.45. The Hall–Kier alpha value is -0.890. The Bertz CT molecular complexity index is 429. The summed E-state index contributed by atoms with van der Waals surface area (Å²) in [5, 5.41) is 1.12. The lowest BCUT2D eigenvalue weighted by atomic mass is 10.1. The lowest BCUT2D eigenvalue weighted by Gasteiger charge is -1.97. The molecule has 0 aliphatic heterocycles. The average Bonchev–Trinajstić information content (AvgIpc) is 2.39. The summed E-state index contributed by atoms with van der Waals surface area (Å²) in [5.74, 6) is 0. The molecule has 2 aromatic rings. The fourth-order valence-electron chi connectivity index (χ4n) is 1.28. The SMILES string of the molecule is [CH2]c1ccc2sc(C)nc2c1C. The van der Waals surface area contributed by atoms with E-state index in [-0.39, 0.29) is 0 Å². The van der Waals surface area contributed by atoms with Gasteiger partial charge in [-0.2, -0.15) is 0 Å². The first-order valence-electron chi connectivity index (χ1n) is 3.87. The van der Waals surface area contributed by atoms with Crippen molar-refractivity contribution in [2.45, 2.75) is 13.8 Å². The van der Waals surface area contributed by atoms with Crippen molar-refractivity contribution in [3.8, 4) is 0 Å². The van der Waals surface area contributed by atoms with E-state index >= 15 is 0 Å². The Morgan fingerprint density at radius 2 is 2.08 bits per heavy atom. The topological polar surface area (TPSA) is 12.9 Å². The first-order valence-corrected chi connectivity index (χ1v) is 4.69. The summed E-state index contributed by atoms with van der Waals surface area (Å²) in [6.45, 7) is 8.05. The Morgan fingerprint density at radius 3 is 2.83 bits per heavy atom. The maximum Gasteiger partial charge on any atom is 0.0907 e. The molecular formula is C10H10NS. The van der Waals surface area contributed by atoms with Gasteiger partial charge in [-0.15, -0.1) is 11.3 Å². The Labute approximate surface area is 76.1 Å². The monoisotopic (exact) mass is 176 g/mol. The fourth-order valence-corrected chi connectivity index (χ4v) is 2.16. The smallest absolute Gasteiger partial charge is 0.0907 e. The van der Waals surface area contributed by atoms with E-state index in [0.29, 0.717) is 0 Å². The number of aryl methyl sites for hydroxylation is 2. The Kier molecular flexibility index (Phi) is 1.65. The number of benzene rings is 1. The van der Waals surface area contributed by atoms with Crippen molar-refractivity contribution in [1.82, 2.24) is 4.98 Å². The molecule has 0 N–H and O–H groups in total. The highest BCUT2D eigenvalue weighted by Gasteiger charge is 2.04. The van der Waals surface area contributed by atoms with Crippen LogP contribution in [0.15, 0.2) is 12.1 Å². The van der Waals surface area contributed by atoms with Crippen molar-refractivity contribution in [1.29, 1.82) is 0 Å². The molecule has 0 aliphatic rings. The van der Waals surface area contributed by atoms with Crippen LogP contribution in [0.2, 0.25) is 0 Å². The van der Waals surface area contributed by atoms with Gasteiger partial charge in [-0.1, -0.05) is 6.07 Å². The first-order chi connectivity index (χ1) is 5.68. The van der Waals surface area contributed by atoms with E-state index < -0.39 is 0 Å². The van der Waals surface area contributed by atoms with Gasteiger partial charge in [0.05, 0.1) is 15.2 Å². The van der Waals surface area contributed by atoms with Gasteiger partial charge in [-0.25, -0.2) is 4.98 Å². The van der Waals surface area contributed by atoms with E-state index in [4.69, 9.17) is 0 Å². The van der Waals surface area contributed by atoms with Crippen LogP contribution in [0.1, 0.15) is 16.1 Å². The van der Waals surface area contributed by atoms with Crippen LogP contribution >= 0.6 is 11.3 Å². The molecule has 0 bridgehead atoms. The van der Waals surface area contributed by atoms with Crippen molar-refractivity contribution in [2.75, 3.05) is 0 Å². The summed E-state index contributed by atoms with van der Waals surface area (Å²) in [6.07, 6.45) is 0. The molecule has 0 saturated carbocycles. The number of nitrogens with zero attached hydrogens (tertiary/aromatic N) is 1. The van der Waals surface area contributed by atoms with Gasteiger partial charge in [0.25, 0.3) is 0 Å². The van der Waals surface area contributed by atoms with Gasteiger partial charge in [0, 0.05) is 0 Å². The zero-order valence-corrected chi connectivity index (χ0v) is 8.03. The summed E-state index contributed by atoms with van der Waals surface area (Å²) in [6, 6.07) is 4.14. The van der Waals surface area contributed by atoms with Gasteiger partial charge in [0.1, 0.15) is 0 Å². The highest BCUT2D eigenvalue weighted by molar-refractivity contribution is 7.18. The largest absolute Gasteiger partial charge is 0.241 e. The highest BCUT2D eigenvalue weighted by Crippen LogP contribution is 2.25. The van der Waals surface area contributed by atoms with E-state index in [1.807, 2.05) is 6.92 Å². The van der Waals surface area contributed by atoms with E-state index in [9.17, 15) is 0 Å². The number of fused-ring (bicyclic) bond motifs is 1. The first kappa shape index (κ1) is 7.74. The maximum atomic E-state index is 4.45. The van der Waals surface area contributed by atoms with Crippen molar-refractivity contribution in [3.05, 3.63) is 35.2 Å². The van der Waals surface area contributed by atoms with Gasteiger partial charge in [0.15, 0.2) is 0 Å². The lowest BCUT2D eigenvalue weighted by molar-refractivity contribution is 1.31. The van der Waals surface area contributed by atoms with E-state index in [1.165, 1.54) is 10.3 Å². The van der Waals surface area contributed by atoms with Crippen molar-refractivity contribution < 1.29 is 0 Å². The predicted molar refractivity (Wildman–Crippen MR) is 53.6 cm³/mol. The zero-order chi connectivity index (χ0) is 8.72. The van der Waals surface area contributed by atoms with Crippen LogP contribution in [0.3, 0.4) is 0 Å². The molecule has 0 spiro atoms. The van der Waals surface area contributed by atoms with Crippen molar-refractivity contribution in [3.63, 3.8) is 0 Å². The second-order valence-electron chi connectivity index (χ2n) is 2.93. The molecule has 1 nitrogen and oxygen atoms in total. The van der Waals surface area contributed by atoms with Gasteiger partial charge in [-0.05, 0) is 38.0 Å². The second kappa shape index (κ2) is 2.56. The molecule has 1 radical (unpaired) electrons. The van der Waals surface area contributed by atoms with Gasteiger partial charge < -0.3 is 0 Å². The molecule has 2 rings (SSSR count). The molecule has 12 heavy (non-hydrogen) atoms. The van der Waals surface area contributed by atoms with Crippen LogP contribution in [0.4, 0.5) is 0 Å². The van der Waals surface area contributed by atoms with E-state index in [1.54, 1.807) is 11.3 Å². The van der Waals surface area contributed by atoms with Crippen LogP contribution < -0.4 is 0 Å². The molecular weight excluding hydrogens is 166 g/mol. The third kappa shape index (κ3) is 1.03. The van der Waals surface area contributed by atoms with Gasteiger partial charge >= 0.3 is 0 Å². The molecule has 0 atom stereocenters. The number of aromatic nitrogens is 1. The Morgan fingerprint density at radius 1 is 1.33 bits per heavy atom. The van der Waals surface area contributed by atoms with E-state index in [2.05, 4.69) is 31.0 Å². The minimum atomic E-state index is 1.08. The molecule has 0 aliphatic carbocycles. The van der Waals surface area contributed by atoms with Crippen LogP contribution in [-0.2, 0) is 0 Å². The van der Waals surface area contributed by atoms with Crippen LogP contribution in [-0.4, -0.2) is 4.98 Å². The van der Waals surface area contributed by atoms with Crippen LogP contribution in [0.25, 0.3) is 10.2 Å². The number of rotatable bonds is 0. The zero-order valence-electron chi connectivity index (χ0n) is 7.22. The van der Waals surface area contributed by atoms with Gasteiger partial charge in [-0.3, -0.25) is 0 Å². The molecule has 0 unspecified atom stereocenters. The summed E-state index contributed by atoms with van der Waals surface area (Å²) < 4.78 is 1.26. The molecule has 1 aromatic carbocycles.